The van der Waals surface area contributed by atoms with Gasteiger partial charge in [0.15, 0.2) is 0 Å². The van der Waals surface area contributed by atoms with Crippen molar-refractivity contribution < 1.29 is 14.3 Å². The maximum Gasteiger partial charge on any atom is 0.235 e. The summed E-state index contributed by atoms with van der Waals surface area (Å²) in [6.45, 7) is 1.16. The SMILES string of the molecule is COc1ccc(OC)c(C2CCCN2CC(=O)NC2(C#N)CCCC2)c1. The van der Waals surface area contributed by atoms with Crippen LogP contribution in [-0.4, -0.2) is 43.7 Å². The third-order valence-corrected chi connectivity index (χ3v) is 5.56. The molecule has 0 spiro atoms. The Labute approximate surface area is 155 Å². The lowest BCUT2D eigenvalue weighted by Gasteiger charge is -2.28. The van der Waals surface area contributed by atoms with E-state index in [0.717, 1.165) is 62.1 Å². The van der Waals surface area contributed by atoms with E-state index >= 15 is 0 Å². The molecule has 1 amide bonds. The predicted octanol–water partition coefficient (Wildman–Crippen LogP) is 2.79. The van der Waals surface area contributed by atoms with E-state index in [1.54, 1.807) is 14.2 Å². The number of benzene rings is 1. The van der Waals surface area contributed by atoms with E-state index in [9.17, 15) is 10.1 Å². The van der Waals surface area contributed by atoms with Crippen molar-refractivity contribution in [1.82, 2.24) is 10.2 Å². The minimum absolute atomic E-state index is 0.0674. The zero-order chi connectivity index (χ0) is 18.6. The molecule has 1 saturated heterocycles. The van der Waals surface area contributed by atoms with E-state index < -0.39 is 5.54 Å². The predicted molar refractivity (Wildman–Crippen MR) is 98.0 cm³/mol. The average Bonchev–Trinajstić information content (AvgIpc) is 3.31. The smallest absolute Gasteiger partial charge is 0.235 e. The van der Waals surface area contributed by atoms with Crippen LogP contribution in [0.15, 0.2) is 18.2 Å². The third kappa shape index (κ3) is 3.78. The molecule has 0 bridgehead atoms. The van der Waals surface area contributed by atoms with Crippen LogP contribution in [0.5, 0.6) is 11.5 Å². The van der Waals surface area contributed by atoms with Crippen molar-refractivity contribution in [2.45, 2.75) is 50.1 Å². The molecule has 2 aliphatic rings. The number of ether oxygens (including phenoxy) is 2. The zero-order valence-electron chi connectivity index (χ0n) is 15.6. The molecule has 1 aromatic carbocycles. The van der Waals surface area contributed by atoms with Crippen molar-refractivity contribution in [2.24, 2.45) is 0 Å². The van der Waals surface area contributed by atoms with Crippen LogP contribution in [0.1, 0.15) is 50.1 Å². The van der Waals surface area contributed by atoms with Gasteiger partial charge in [0, 0.05) is 11.6 Å². The fraction of sp³-hybridized carbons (Fsp3) is 0.600. The summed E-state index contributed by atoms with van der Waals surface area (Å²) in [7, 11) is 3.31. The summed E-state index contributed by atoms with van der Waals surface area (Å²) in [6.07, 6.45) is 5.51. The second kappa shape index (κ2) is 7.96. The minimum atomic E-state index is -0.667. The fourth-order valence-electron chi connectivity index (χ4n) is 4.20. The number of likely N-dealkylation sites (tertiary alicyclic amines) is 1. The largest absolute Gasteiger partial charge is 0.497 e. The summed E-state index contributed by atoms with van der Waals surface area (Å²) in [5.74, 6) is 1.53. The van der Waals surface area contributed by atoms with Crippen LogP contribution in [0.4, 0.5) is 0 Å². The van der Waals surface area contributed by atoms with E-state index in [0.29, 0.717) is 6.54 Å². The van der Waals surface area contributed by atoms with Gasteiger partial charge in [0.1, 0.15) is 17.0 Å². The van der Waals surface area contributed by atoms with E-state index in [-0.39, 0.29) is 11.9 Å². The molecule has 1 aliphatic heterocycles. The quantitative estimate of drug-likeness (QED) is 0.847. The molecule has 1 unspecified atom stereocenters. The number of nitrogens with one attached hydrogen (secondary N) is 1. The summed E-state index contributed by atoms with van der Waals surface area (Å²) in [5, 5.41) is 12.5. The van der Waals surface area contributed by atoms with Gasteiger partial charge >= 0.3 is 0 Å². The van der Waals surface area contributed by atoms with Gasteiger partial charge in [-0.1, -0.05) is 0 Å². The normalized spacial score (nSPS) is 22.0. The van der Waals surface area contributed by atoms with Gasteiger partial charge in [-0.15, -0.1) is 0 Å². The number of nitrogens with zero attached hydrogens (tertiary/aromatic N) is 2. The Morgan fingerprint density at radius 3 is 2.73 bits per heavy atom. The standard InChI is InChI=1S/C20H27N3O3/c1-25-15-7-8-18(26-2)16(12-15)17-6-5-11-23(17)13-19(24)22-20(14-21)9-3-4-10-20/h7-8,12,17H,3-6,9-11,13H2,1-2H3,(H,22,24). The number of hydrogen-bond donors (Lipinski definition) is 1. The molecule has 1 N–H and O–H groups in total. The molecule has 1 heterocycles. The fourth-order valence-corrected chi connectivity index (χ4v) is 4.20. The Bertz CT molecular complexity index is 692. The molecule has 6 heteroatoms. The molecule has 6 nitrogen and oxygen atoms in total. The highest BCUT2D eigenvalue weighted by Crippen LogP contribution is 2.38. The Morgan fingerprint density at radius 1 is 1.31 bits per heavy atom. The van der Waals surface area contributed by atoms with E-state index in [4.69, 9.17) is 9.47 Å². The number of nitriles is 1. The summed E-state index contributed by atoms with van der Waals surface area (Å²) >= 11 is 0. The number of amides is 1. The molecular weight excluding hydrogens is 330 g/mol. The maximum atomic E-state index is 12.6. The van der Waals surface area contributed by atoms with Crippen molar-refractivity contribution in [3.8, 4) is 17.6 Å². The Morgan fingerprint density at radius 2 is 2.08 bits per heavy atom. The summed E-state index contributed by atoms with van der Waals surface area (Å²) < 4.78 is 10.9. The molecule has 1 aliphatic carbocycles. The van der Waals surface area contributed by atoms with E-state index in [1.807, 2.05) is 18.2 Å². The first-order valence-corrected chi connectivity index (χ1v) is 9.29. The zero-order valence-corrected chi connectivity index (χ0v) is 15.6. The monoisotopic (exact) mass is 357 g/mol. The molecule has 2 fully saturated rings. The number of carbonyl (C=O) groups excluding carboxylic acids is 1. The van der Waals surface area contributed by atoms with Gasteiger partial charge in [0.25, 0.3) is 0 Å². The van der Waals surface area contributed by atoms with Gasteiger partial charge in [0.05, 0.1) is 26.8 Å². The van der Waals surface area contributed by atoms with Crippen LogP contribution in [0, 0.1) is 11.3 Å². The molecular formula is C20H27N3O3. The third-order valence-electron chi connectivity index (χ3n) is 5.56. The van der Waals surface area contributed by atoms with Gasteiger partial charge < -0.3 is 14.8 Å². The van der Waals surface area contributed by atoms with Crippen molar-refractivity contribution in [3.05, 3.63) is 23.8 Å². The lowest BCUT2D eigenvalue weighted by molar-refractivity contribution is -0.123. The number of carbonyl (C=O) groups is 1. The topological polar surface area (TPSA) is 74.6 Å². The van der Waals surface area contributed by atoms with E-state index in [1.165, 1.54) is 0 Å². The Kier molecular flexibility index (Phi) is 5.67. The Hall–Kier alpha value is -2.26. The lowest BCUT2D eigenvalue weighted by Crippen LogP contribution is -2.48. The van der Waals surface area contributed by atoms with Crippen molar-refractivity contribution in [1.29, 1.82) is 5.26 Å². The van der Waals surface area contributed by atoms with Crippen LogP contribution in [-0.2, 0) is 4.79 Å². The second-order valence-corrected chi connectivity index (χ2v) is 7.19. The lowest BCUT2D eigenvalue weighted by atomic mass is 10.00. The van der Waals surface area contributed by atoms with Crippen LogP contribution < -0.4 is 14.8 Å². The molecule has 1 saturated carbocycles. The minimum Gasteiger partial charge on any atom is -0.497 e. The van der Waals surface area contributed by atoms with Crippen molar-refractivity contribution in [3.63, 3.8) is 0 Å². The molecule has 1 aromatic rings. The second-order valence-electron chi connectivity index (χ2n) is 7.19. The van der Waals surface area contributed by atoms with Gasteiger partial charge in [-0.25, -0.2) is 0 Å². The Balaban J connectivity index is 1.72. The number of hydrogen-bond acceptors (Lipinski definition) is 5. The summed E-state index contributed by atoms with van der Waals surface area (Å²) in [6, 6.07) is 8.22. The molecule has 0 aromatic heterocycles. The molecule has 1 atom stereocenters. The highest BCUT2D eigenvalue weighted by molar-refractivity contribution is 5.79. The van der Waals surface area contributed by atoms with E-state index in [2.05, 4.69) is 16.3 Å². The summed E-state index contributed by atoms with van der Waals surface area (Å²) in [4.78, 5) is 14.8. The number of methoxy groups -OCH3 is 2. The first-order chi connectivity index (χ1) is 12.6. The van der Waals surface area contributed by atoms with Crippen LogP contribution in [0.3, 0.4) is 0 Å². The summed E-state index contributed by atoms with van der Waals surface area (Å²) in [5.41, 5.74) is 0.382. The van der Waals surface area contributed by atoms with Gasteiger partial charge in [0.2, 0.25) is 5.91 Å². The number of rotatable bonds is 6. The van der Waals surface area contributed by atoms with Crippen LogP contribution >= 0.6 is 0 Å². The van der Waals surface area contributed by atoms with Crippen LogP contribution in [0.25, 0.3) is 0 Å². The molecule has 26 heavy (non-hydrogen) atoms. The highest BCUT2D eigenvalue weighted by atomic mass is 16.5. The first-order valence-electron chi connectivity index (χ1n) is 9.29. The first kappa shape index (κ1) is 18.5. The average molecular weight is 357 g/mol. The molecule has 3 rings (SSSR count). The highest BCUT2D eigenvalue weighted by Gasteiger charge is 2.37. The van der Waals surface area contributed by atoms with Crippen molar-refractivity contribution >= 4 is 5.91 Å². The van der Waals surface area contributed by atoms with Crippen molar-refractivity contribution in [2.75, 3.05) is 27.3 Å². The van der Waals surface area contributed by atoms with Gasteiger partial charge in [-0.05, 0) is 63.3 Å². The van der Waals surface area contributed by atoms with Gasteiger partial charge in [-0.3, -0.25) is 9.69 Å². The van der Waals surface area contributed by atoms with Gasteiger partial charge in [-0.2, -0.15) is 5.26 Å². The maximum absolute atomic E-state index is 12.6. The molecule has 140 valence electrons. The molecule has 0 radical (unpaired) electrons. The van der Waals surface area contributed by atoms with Crippen LogP contribution in [0.2, 0.25) is 0 Å².